The molecule has 21 heavy (non-hydrogen) atoms. The molecule has 1 aromatic heterocycles. The Balaban J connectivity index is 2.02. The van der Waals surface area contributed by atoms with Crippen LogP contribution in [0.25, 0.3) is 0 Å². The fraction of sp³-hybridized carbons (Fsp3) is 0.267. The molecule has 0 saturated carbocycles. The minimum absolute atomic E-state index is 0.116. The van der Waals surface area contributed by atoms with Gasteiger partial charge >= 0.3 is 5.97 Å². The second-order valence-electron chi connectivity index (χ2n) is 4.79. The van der Waals surface area contributed by atoms with Crippen LogP contribution in [0.3, 0.4) is 0 Å². The summed E-state index contributed by atoms with van der Waals surface area (Å²) >= 11 is 1.30. The Morgan fingerprint density at radius 2 is 1.90 bits per heavy atom. The maximum atomic E-state index is 12.1. The molecule has 0 unspecified atom stereocenters. The normalized spacial score (nSPS) is 10.4. The number of para-hydroxylation sites is 1. The number of carboxylic acid groups (broad SMARTS) is 1. The van der Waals surface area contributed by atoms with E-state index in [0.29, 0.717) is 10.7 Å². The Bertz CT molecular complexity index is 659. The SMILES string of the molecule is Cc1cccc(C)c1NC(=O)Cc1nc(CC(=O)O)cs1. The molecule has 1 heterocycles. The van der Waals surface area contributed by atoms with E-state index in [9.17, 15) is 9.59 Å². The molecule has 0 aliphatic heterocycles. The van der Waals surface area contributed by atoms with E-state index < -0.39 is 5.97 Å². The molecule has 0 fully saturated rings. The Labute approximate surface area is 126 Å². The van der Waals surface area contributed by atoms with Gasteiger partial charge in [-0.1, -0.05) is 18.2 Å². The molecule has 0 atom stereocenters. The number of aliphatic carboxylic acids is 1. The number of nitrogens with one attached hydrogen (secondary N) is 1. The van der Waals surface area contributed by atoms with Crippen molar-refractivity contribution in [1.29, 1.82) is 0 Å². The van der Waals surface area contributed by atoms with E-state index in [2.05, 4.69) is 10.3 Å². The molecule has 1 aromatic carbocycles. The molecule has 2 rings (SSSR count). The lowest BCUT2D eigenvalue weighted by molar-refractivity contribution is -0.136. The summed E-state index contributed by atoms with van der Waals surface area (Å²) in [6.07, 6.45) is 0.0348. The second-order valence-corrected chi connectivity index (χ2v) is 5.74. The maximum Gasteiger partial charge on any atom is 0.309 e. The van der Waals surface area contributed by atoms with Crippen LogP contribution in [-0.4, -0.2) is 22.0 Å². The molecule has 0 bridgehead atoms. The molecule has 0 radical (unpaired) electrons. The lowest BCUT2D eigenvalue weighted by atomic mass is 10.1. The van der Waals surface area contributed by atoms with E-state index in [1.165, 1.54) is 11.3 Å². The molecule has 2 aromatic rings. The van der Waals surface area contributed by atoms with Crippen molar-refractivity contribution in [2.45, 2.75) is 26.7 Å². The van der Waals surface area contributed by atoms with Crippen LogP contribution >= 0.6 is 11.3 Å². The van der Waals surface area contributed by atoms with E-state index in [-0.39, 0.29) is 18.7 Å². The van der Waals surface area contributed by atoms with Crippen LogP contribution < -0.4 is 5.32 Å². The van der Waals surface area contributed by atoms with Crippen molar-refractivity contribution in [3.05, 3.63) is 45.4 Å². The number of nitrogens with zero attached hydrogens (tertiary/aromatic N) is 1. The number of benzene rings is 1. The van der Waals surface area contributed by atoms with Crippen molar-refractivity contribution < 1.29 is 14.7 Å². The zero-order valence-electron chi connectivity index (χ0n) is 11.8. The molecule has 6 heteroatoms. The maximum absolute atomic E-state index is 12.1. The molecular weight excluding hydrogens is 288 g/mol. The summed E-state index contributed by atoms with van der Waals surface area (Å²) in [5, 5.41) is 13.9. The molecular formula is C15H16N2O3S. The van der Waals surface area contributed by atoms with Crippen LogP contribution in [-0.2, 0) is 22.4 Å². The number of hydrogen-bond acceptors (Lipinski definition) is 4. The fourth-order valence-electron chi connectivity index (χ4n) is 2.00. The third kappa shape index (κ3) is 4.13. The number of rotatable bonds is 5. The van der Waals surface area contributed by atoms with E-state index >= 15 is 0 Å². The largest absolute Gasteiger partial charge is 0.481 e. The van der Waals surface area contributed by atoms with Gasteiger partial charge in [-0.15, -0.1) is 11.3 Å². The van der Waals surface area contributed by atoms with Gasteiger partial charge in [0.05, 0.1) is 18.5 Å². The summed E-state index contributed by atoms with van der Waals surface area (Å²) in [6, 6.07) is 5.83. The number of carboxylic acids is 1. The molecule has 0 aliphatic rings. The number of thiazole rings is 1. The molecule has 0 spiro atoms. The first-order valence-electron chi connectivity index (χ1n) is 6.47. The van der Waals surface area contributed by atoms with Crippen molar-refractivity contribution in [3.8, 4) is 0 Å². The third-order valence-corrected chi connectivity index (χ3v) is 3.89. The predicted octanol–water partition coefficient (Wildman–Crippen LogP) is 2.57. The van der Waals surface area contributed by atoms with Crippen molar-refractivity contribution in [3.63, 3.8) is 0 Å². The first-order valence-corrected chi connectivity index (χ1v) is 7.35. The highest BCUT2D eigenvalue weighted by Gasteiger charge is 2.12. The average molecular weight is 304 g/mol. The Morgan fingerprint density at radius 1 is 1.24 bits per heavy atom. The topological polar surface area (TPSA) is 79.3 Å². The van der Waals surface area contributed by atoms with E-state index in [0.717, 1.165) is 16.8 Å². The molecule has 0 aliphatic carbocycles. The van der Waals surface area contributed by atoms with E-state index in [4.69, 9.17) is 5.11 Å². The Kier molecular flexibility index (Phi) is 4.70. The first-order chi connectivity index (χ1) is 9.95. The highest BCUT2D eigenvalue weighted by atomic mass is 32.1. The number of hydrogen-bond donors (Lipinski definition) is 2. The summed E-state index contributed by atoms with van der Waals surface area (Å²) < 4.78 is 0. The van der Waals surface area contributed by atoms with Gasteiger partial charge in [-0.3, -0.25) is 9.59 Å². The average Bonchev–Trinajstić information content (AvgIpc) is 2.80. The van der Waals surface area contributed by atoms with Crippen LogP contribution in [0.1, 0.15) is 21.8 Å². The second kappa shape index (κ2) is 6.49. The molecule has 2 N–H and O–H groups in total. The van der Waals surface area contributed by atoms with Crippen LogP contribution in [0.4, 0.5) is 5.69 Å². The van der Waals surface area contributed by atoms with Crippen LogP contribution in [0, 0.1) is 13.8 Å². The third-order valence-electron chi connectivity index (χ3n) is 2.99. The van der Waals surface area contributed by atoms with Gasteiger partial charge in [0.25, 0.3) is 0 Å². The molecule has 110 valence electrons. The van der Waals surface area contributed by atoms with Crippen LogP contribution in [0.5, 0.6) is 0 Å². The van der Waals surface area contributed by atoms with E-state index in [1.807, 2.05) is 32.0 Å². The molecule has 0 saturated heterocycles. The number of anilines is 1. The summed E-state index contributed by atoms with van der Waals surface area (Å²) in [5.41, 5.74) is 3.33. The van der Waals surface area contributed by atoms with E-state index in [1.54, 1.807) is 5.38 Å². The van der Waals surface area contributed by atoms with Gasteiger partial charge in [0, 0.05) is 11.1 Å². The van der Waals surface area contributed by atoms with Crippen molar-refractivity contribution in [1.82, 2.24) is 4.98 Å². The van der Waals surface area contributed by atoms with Crippen molar-refractivity contribution >= 4 is 28.9 Å². The number of aromatic nitrogens is 1. The van der Waals surface area contributed by atoms with Gasteiger partial charge in [0.15, 0.2) is 0 Å². The standard InChI is InChI=1S/C15H16N2O3S/c1-9-4-3-5-10(2)15(9)17-12(18)7-13-16-11(8-21-13)6-14(19)20/h3-5,8H,6-7H2,1-2H3,(H,17,18)(H,19,20). The molecule has 5 nitrogen and oxygen atoms in total. The minimum atomic E-state index is -0.924. The highest BCUT2D eigenvalue weighted by molar-refractivity contribution is 7.09. The van der Waals surface area contributed by atoms with Gasteiger partial charge in [-0.25, -0.2) is 4.98 Å². The summed E-state index contributed by atoms with van der Waals surface area (Å²) in [4.78, 5) is 26.8. The number of carbonyl (C=O) groups is 2. The molecule has 1 amide bonds. The summed E-state index contributed by atoms with van der Waals surface area (Å²) in [6.45, 7) is 3.88. The first kappa shape index (κ1) is 15.2. The number of carbonyl (C=O) groups excluding carboxylic acids is 1. The smallest absolute Gasteiger partial charge is 0.309 e. The predicted molar refractivity (Wildman–Crippen MR) is 81.7 cm³/mol. The fourth-order valence-corrected chi connectivity index (χ4v) is 2.79. The zero-order chi connectivity index (χ0) is 15.4. The van der Waals surface area contributed by atoms with Gasteiger partial charge in [-0.05, 0) is 25.0 Å². The van der Waals surface area contributed by atoms with Crippen molar-refractivity contribution in [2.24, 2.45) is 0 Å². The van der Waals surface area contributed by atoms with Gasteiger partial charge < -0.3 is 10.4 Å². The summed E-state index contributed by atoms with van der Waals surface area (Å²) in [5.74, 6) is -1.07. The quantitative estimate of drug-likeness (QED) is 0.889. The van der Waals surface area contributed by atoms with Gasteiger partial charge in [-0.2, -0.15) is 0 Å². The van der Waals surface area contributed by atoms with Gasteiger partial charge in [0.2, 0.25) is 5.91 Å². The van der Waals surface area contributed by atoms with Crippen molar-refractivity contribution in [2.75, 3.05) is 5.32 Å². The monoisotopic (exact) mass is 304 g/mol. The Morgan fingerprint density at radius 3 is 2.52 bits per heavy atom. The Hall–Kier alpha value is -2.21. The van der Waals surface area contributed by atoms with Gasteiger partial charge in [0.1, 0.15) is 5.01 Å². The van der Waals surface area contributed by atoms with Crippen LogP contribution in [0.2, 0.25) is 0 Å². The lowest BCUT2D eigenvalue weighted by Gasteiger charge is -2.10. The zero-order valence-corrected chi connectivity index (χ0v) is 12.7. The van der Waals surface area contributed by atoms with Crippen LogP contribution in [0.15, 0.2) is 23.6 Å². The minimum Gasteiger partial charge on any atom is -0.481 e. The number of amides is 1. The number of aryl methyl sites for hydroxylation is 2. The summed E-state index contributed by atoms with van der Waals surface area (Å²) in [7, 11) is 0. The highest BCUT2D eigenvalue weighted by Crippen LogP contribution is 2.20. The lowest BCUT2D eigenvalue weighted by Crippen LogP contribution is -2.16.